The molecule has 0 spiro atoms. The fourth-order valence-electron chi connectivity index (χ4n) is 3.31. The third-order valence-corrected chi connectivity index (χ3v) is 5.06. The largest absolute Gasteiger partial charge is 0.339 e. The minimum absolute atomic E-state index is 0.0121. The van der Waals surface area contributed by atoms with Gasteiger partial charge < -0.3 is 9.80 Å². The van der Waals surface area contributed by atoms with Gasteiger partial charge in [0.1, 0.15) is 0 Å². The van der Waals surface area contributed by atoms with E-state index in [4.69, 9.17) is 0 Å². The van der Waals surface area contributed by atoms with Gasteiger partial charge in [-0.3, -0.25) is 9.59 Å². The molecule has 1 aliphatic carbocycles. The molecule has 2 amide bonds. The average Bonchev–Trinajstić information content (AvgIpc) is 2.66. The van der Waals surface area contributed by atoms with Crippen molar-refractivity contribution in [2.45, 2.75) is 25.7 Å². The van der Waals surface area contributed by atoms with E-state index in [0.717, 1.165) is 37.3 Å². The topological polar surface area (TPSA) is 40.6 Å². The number of para-hydroxylation sites is 1. The summed E-state index contributed by atoms with van der Waals surface area (Å²) in [5.74, 6) is 0.569. The van der Waals surface area contributed by atoms with Crippen molar-refractivity contribution in [3.05, 3.63) is 35.9 Å². The highest BCUT2D eigenvalue weighted by Gasteiger charge is 2.35. The van der Waals surface area contributed by atoms with Crippen LogP contribution in [0.3, 0.4) is 0 Å². The molecule has 4 rings (SSSR count). The Morgan fingerprint density at radius 3 is 2.59 bits per heavy atom. The standard InChI is InChI=1S/C18H20N2O2/c21-17(19-9-4-10-19)11-15-14-7-1-2-8-16(14)20(18(15)22)12-13-5-3-6-13/h1-2,7-8,11,13H,3-6,9-10,12H2. The van der Waals surface area contributed by atoms with Crippen molar-refractivity contribution in [2.24, 2.45) is 5.92 Å². The van der Waals surface area contributed by atoms with Crippen molar-refractivity contribution >= 4 is 23.1 Å². The lowest BCUT2D eigenvalue weighted by molar-refractivity contribution is -0.129. The quantitative estimate of drug-likeness (QED) is 0.804. The van der Waals surface area contributed by atoms with E-state index in [1.807, 2.05) is 29.2 Å². The fourth-order valence-corrected chi connectivity index (χ4v) is 3.31. The number of benzene rings is 1. The maximum atomic E-state index is 12.8. The predicted molar refractivity (Wildman–Crippen MR) is 85.3 cm³/mol. The molecule has 1 saturated heterocycles. The lowest BCUT2D eigenvalue weighted by atomic mass is 9.85. The van der Waals surface area contributed by atoms with Crippen molar-refractivity contribution < 1.29 is 9.59 Å². The Morgan fingerprint density at radius 1 is 1.18 bits per heavy atom. The van der Waals surface area contributed by atoms with E-state index in [2.05, 4.69) is 0 Å². The molecule has 4 nitrogen and oxygen atoms in total. The zero-order valence-corrected chi connectivity index (χ0v) is 12.6. The predicted octanol–water partition coefficient (Wildman–Crippen LogP) is 2.45. The zero-order chi connectivity index (χ0) is 15.1. The molecule has 1 aromatic rings. The number of anilines is 1. The van der Waals surface area contributed by atoms with Crippen LogP contribution in [0.2, 0.25) is 0 Å². The average molecular weight is 296 g/mol. The Bertz CT molecular complexity index is 657. The van der Waals surface area contributed by atoms with Gasteiger partial charge in [0.05, 0.1) is 11.3 Å². The molecule has 0 atom stereocenters. The van der Waals surface area contributed by atoms with Crippen molar-refractivity contribution in [2.75, 3.05) is 24.5 Å². The van der Waals surface area contributed by atoms with Crippen LogP contribution in [0, 0.1) is 5.92 Å². The summed E-state index contributed by atoms with van der Waals surface area (Å²) in [6.07, 6.45) is 6.29. The Hall–Kier alpha value is -2.10. The molecule has 0 N–H and O–H groups in total. The van der Waals surface area contributed by atoms with Crippen LogP contribution in [0.4, 0.5) is 5.69 Å². The molecule has 0 unspecified atom stereocenters. The first-order valence-electron chi connectivity index (χ1n) is 8.16. The Morgan fingerprint density at radius 2 is 1.95 bits per heavy atom. The van der Waals surface area contributed by atoms with Crippen LogP contribution < -0.4 is 4.90 Å². The third kappa shape index (κ3) is 2.14. The minimum atomic E-state index is -0.0325. The number of amides is 2. The van der Waals surface area contributed by atoms with Gasteiger partial charge in [-0.05, 0) is 31.2 Å². The van der Waals surface area contributed by atoms with Gasteiger partial charge in [0.2, 0.25) is 5.91 Å². The number of fused-ring (bicyclic) bond motifs is 1. The first kappa shape index (κ1) is 13.6. The van der Waals surface area contributed by atoms with E-state index in [1.165, 1.54) is 19.3 Å². The maximum absolute atomic E-state index is 12.8. The summed E-state index contributed by atoms with van der Waals surface area (Å²) in [5, 5.41) is 0. The fraction of sp³-hybridized carbons (Fsp3) is 0.444. The summed E-state index contributed by atoms with van der Waals surface area (Å²) < 4.78 is 0. The van der Waals surface area contributed by atoms with Crippen molar-refractivity contribution in [3.8, 4) is 0 Å². The van der Waals surface area contributed by atoms with Gasteiger partial charge in [0, 0.05) is 31.3 Å². The Labute approximate surface area is 130 Å². The molecule has 2 aliphatic heterocycles. The van der Waals surface area contributed by atoms with Crippen LogP contribution in [0.25, 0.3) is 5.57 Å². The summed E-state index contributed by atoms with van der Waals surface area (Å²) in [5.41, 5.74) is 2.43. The Kier molecular flexibility index (Phi) is 3.25. The number of carbonyl (C=O) groups excluding carboxylic acids is 2. The highest BCUT2D eigenvalue weighted by molar-refractivity contribution is 6.34. The summed E-state index contributed by atoms with van der Waals surface area (Å²) in [6, 6.07) is 7.82. The normalized spacial score (nSPS) is 22.5. The summed E-state index contributed by atoms with van der Waals surface area (Å²) >= 11 is 0. The number of rotatable bonds is 3. The van der Waals surface area contributed by atoms with Crippen LogP contribution in [-0.2, 0) is 9.59 Å². The third-order valence-electron chi connectivity index (χ3n) is 5.06. The van der Waals surface area contributed by atoms with Gasteiger partial charge >= 0.3 is 0 Å². The van der Waals surface area contributed by atoms with Gasteiger partial charge in [0.15, 0.2) is 0 Å². The lowest BCUT2D eigenvalue weighted by Crippen LogP contribution is -2.41. The van der Waals surface area contributed by atoms with E-state index >= 15 is 0 Å². The first-order valence-corrected chi connectivity index (χ1v) is 8.16. The van der Waals surface area contributed by atoms with Crippen LogP contribution in [0.1, 0.15) is 31.2 Å². The van der Waals surface area contributed by atoms with Crippen LogP contribution in [-0.4, -0.2) is 36.3 Å². The molecule has 2 heterocycles. The minimum Gasteiger partial charge on any atom is -0.339 e. The van der Waals surface area contributed by atoms with Crippen molar-refractivity contribution in [3.63, 3.8) is 0 Å². The summed E-state index contributed by atoms with van der Waals surface area (Å²) in [7, 11) is 0. The van der Waals surface area contributed by atoms with Crippen LogP contribution in [0.15, 0.2) is 30.3 Å². The number of hydrogen-bond donors (Lipinski definition) is 0. The molecule has 114 valence electrons. The lowest BCUT2D eigenvalue weighted by Gasteiger charge is -2.30. The zero-order valence-electron chi connectivity index (χ0n) is 12.6. The summed E-state index contributed by atoms with van der Waals surface area (Å²) in [6.45, 7) is 2.40. The smallest absolute Gasteiger partial charge is 0.259 e. The molecule has 4 heteroatoms. The number of likely N-dealkylation sites (tertiary alicyclic amines) is 1. The van der Waals surface area contributed by atoms with Crippen molar-refractivity contribution in [1.29, 1.82) is 0 Å². The SMILES string of the molecule is O=C(C=C1C(=O)N(CC2CCC2)c2ccccc21)N1CCC1. The second kappa shape index (κ2) is 5.27. The van der Waals surface area contributed by atoms with Crippen molar-refractivity contribution in [1.82, 2.24) is 4.90 Å². The number of nitrogens with zero attached hydrogens (tertiary/aromatic N) is 2. The highest BCUT2D eigenvalue weighted by Crippen LogP contribution is 2.39. The molecular weight excluding hydrogens is 276 g/mol. The summed E-state index contributed by atoms with van der Waals surface area (Å²) in [4.78, 5) is 28.7. The van der Waals surface area contributed by atoms with Crippen LogP contribution >= 0.6 is 0 Å². The molecule has 0 bridgehead atoms. The molecule has 22 heavy (non-hydrogen) atoms. The van der Waals surface area contributed by atoms with E-state index in [1.54, 1.807) is 11.0 Å². The van der Waals surface area contributed by atoms with E-state index < -0.39 is 0 Å². The molecule has 1 saturated carbocycles. The molecule has 2 fully saturated rings. The first-order chi connectivity index (χ1) is 10.7. The molecule has 0 aromatic heterocycles. The van der Waals surface area contributed by atoms with Crippen LogP contribution in [0.5, 0.6) is 0 Å². The highest BCUT2D eigenvalue weighted by atomic mass is 16.2. The molecule has 0 radical (unpaired) electrons. The second-order valence-electron chi connectivity index (χ2n) is 6.47. The van der Waals surface area contributed by atoms with Gasteiger partial charge in [-0.2, -0.15) is 0 Å². The number of hydrogen-bond acceptors (Lipinski definition) is 2. The van der Waals surface area contributed by atoms with E-state index in [-0.39, 0.29) is 11.8 Å². The van der Waals surface area contributed by atoms with Gasteiger partial charge in [0.25, 0.3) is 5.91 Å². The molecule has 1 aromatic carbocycles. The van der Waals surface area contributed by atoms with E-state index in [9.17, 15) is 9.59 Å². The number of carbonyl (C=O) groups is 2. The second-order valence-corrected chi connectivity index (χ2v) is 6.47. The molecule has 3 aliphatic rings. The van der Waals surface area contributed by atoms with E-state index in [0.29, 0.717) is 11.5 Å². The molecular formula is C18H20N2O2. The van der Waals surface area contributed by atoms with Gasteiger partial charge in [-0.25, -0.2) is 0 Å². The maximum Gasteiger partial charge on any atom is 0.259 e. The van der Waals surface area contributed by atoms with Gasteiger partial charge in [-0.1, -0.05) is 24.6 Å². The Balaban J connectivity index is 1.65. The monoisotopic (exact) mass is 296 g/mol. The van der Waals surface area contributed by atoms with Gasteiger partial charge in [-0.15, -0.1) is 0 Å².